The smallest absolute Gasteiger partial charge is 0.336 e. The molecule has 0 spiro atoms. The number of anilines is 1. The summed E-state index contributed by atoms with van der Waals surface area (Å²) >= 11 is 0. The van der Waals surface area contributed by atoms with Gasteiger partial charge in [0, 0.05) is 6.54 Å². The van der Waals surface area contributed by atoms with E-state index in [9.17, 15) is 4.79 Å². The van der Waals surface area contributed by atoms with Gasteiger partial charge in [-0.3, -0.25) is 9.90 Å². The first-order chi connectivity index (χ1) is 7.24. The number of benzene rings is 1. The van der Waals surface area contributed by atoms with Gasteiger partial charge in [-0.1, -0.05) is 6.07 Å². The van der Waals surface area contributed by atoms with E-state index in [0.717, 1.165) is 30.6 Å². The summed E-state index contributed by atoms with van der Waals surface area (Å²) in [5.41, 5.74) is 2.14. The minimum Gasteiger partial charge on any atom is -0.478 e. The summed E-state index contributed by atoms with van der Waals surface area (Å²) in [5, 5.41) is 10.8. The molecular weight excluding hydrogens is 194 g/mol. The molecule has 0 unspecified atom stereocenters. The Labute approximate surface area is 88.0 Å². The largest absolute Gasteiger partial charge is 0.478 e. The molecule has 1 N–H and O–H groups in total. The lowest BCUT2D eigenvalue weighted by atomic mass is 9.97. The van der Waals surface area contributed by atoms with Gasteiger partial charge in [-0.15, -0.1) is 0 Å². The third kappa shape index (κ3) is 1.68. The van der Waals surface area contributed by atoms with Gasteiger partial charge in [0.15, 0.2) is 0 Å². The highest BCUT2D eigenvalue weighted by Crippen LogP contribution is 2.29. The first kappa shape index (κ1) is 9.98. The van der Waals surface area contributed by atoms with Crippen molar-refractivity contribution in [1.29, 1.82) is 0 Å². The predicted octanol–water partition coefficient (Wildman–Crippen LogP) is 1.70. The number of hydrogen-bond donors (Lipinski definition) is 1. The Kier molecular flexibility index (Phi) is 2.60. The molecule has 0 radical (unpaired) electrons. The fraction of sp³-hybridized carbons (Fsp3) is 0.364. The average Bonchev–Trinajstić information content (AvgIpc) is 2.27. The monoisotopic (exact) mass is 207 g/mol. The van der Waals surface area contributed by atoms with Gasteiger partial charge in [-0.05, 0) is 30.5 Å². The summed E-state index contributed by atoms with van der Waals surface area (Å²) in [7, 11) is 1.60. The molecule has 0 saturated heterocycles. The molecular formula is C11H13NO3. The van der Waals surface area contributed by atoms with Gasteiger partial charge in [0.25, 0.3) is 0 Å². The van der Waals surface area contributed by atoms with Gasteiger partial charge in [-0.25, -0.2) is 4.79 Å². The highest BCUT2D eigenvalue weighted by atomic mass is 16.7. The zero-order valence-electron chi connectivity index (χ0n) is 8.56. The number of rotatable bonds is 2. The molecule has 4 heteroatoms. The van der Waals surface area contributed by atoms with Crippen LogP contribution in [-0.4, -0.2) is 24.7 Å². The molecule has 1 heterocycles. The standard InChI is InChI=1S/C11H13NO3/c1-15-12-7-3-5-8-9(11(13)14)4-2-6-10(8)12/h2,4,6H,3,5,7H2,1H3,(H,13,14). The van der Waals surface area contributed by atoms with Crippen LogP contribution < -0.4 is 5.06 Å². The maximum Gasteiger partial charge on any atom is 0.336 e. The Morgan fingerprint density at radius 1 is 1.53 bits per heavy atom. The Bertz CT molecular complexity index is 389. The number of hydrogen-bond acceptors (Lipinski definition) is 3. The van der Waals surface area contributed by atoms with E-state index in [0.29, 0.717) is 5.56 Å². The molecule has 0 saturated carbocycles. The van der Waals surface area contributed by atoms with Crippen LogP contribution in [0.4, 0.5) is 5.69 Å². The summed E-state index contributed by atoms with van der Waals surface area (Å²) in [6, 6.07) is 5.28. The fourth-order valence-electron chi connectivity index (χ4n) is 1.98. The summed E-state index contributed by atoms with van der Waals surface area (Å²) in [6.07, 6.45) is 1.72. The first-order valence-electron chi connectivity index (χ1n) is 4.91. The Balaban J connectivity index is 2.50. The van der Waals surface area contributed by atoms with Crippen molar-refractivity contribution in [3.8, 4) is 0 Å². The molecule has 1 aliphatic heterocycles. The Morgan fingerprint density at radius 2 is 2.33 bits per heavy atom. The molecule has 0 aliphatic carbocycles. The van der Waals surface area contributed by atoms with Crippen molar-refractivity contribution in [3.05, 3.63) is 29.3 Å². The van der Waals surface area contributed by atoms with E-state index in [1.165, 1.54) is 0 Å². The third-order valence-corrected chi connectivity index (χ3v) is 2.66. The molecule has 2 rings (SSSR count). The van der Waals surface area contributed by atoms with Gasteiger partial charge >= 0.3 is 5.97 Å². The number of hydroxylamine groups is 1. The highest BCUT2D eigenvalue weighted by molar-refractivity contribution is 5.91. The molecule has 0 atom stereocenters. The van der Waals surface area contributed by atoms with Gasteiger partial charge in [-0.2, -0.15) is 0 Å². The minimum absolute atomic E-state index is 0.384. The maximum absolute atomic E-state index is 11.0. The SMILES string of the molecule is CON1CCCc2c(C(=O)O)cccc21. The van der Waals surface area contributed by atoms with Crippen LogP contribution >= 0.6 is 0 Å². The van der Waals surface area contributed by atoms with Crippen LogP contribution in [0.15, 0.2) is 18.2 Å². The maximum atomic E-state index is 11.0. The summed E-state index contributed by atoms with van der Waals surface area (Å²) in [6.45, 7) is 0.812. The van der Waals surface area contributed by atoms with Crippen molar-refractivity contribution in [1.82, 2.24) is 0 Å². The van der Waals surface area contributed by atoms with E-state index in [2.05, 4.69) is 0 Å². The lowest BCUT2D eigenvalue weighted by Crippen LogP contribution is -2.29. The molecule has 1 aliphatic rings. The van der Waals surface area contributed by atoms with Crippen LogP contribution in [0, 0.1) is 0 Å². The number of carboxylic acid groups (broad SMARTS) is 1. The topological polar surface area (TPSA) is 49.8 Å². The first-order valence-corrected chi connectivity index (χ1v) is 4.91. The van der Waals surface area contributed by atoms with Gasteiger partial charge < -0.3 is 5.11 Å². The van der Waals surface area contributed by atoms with E-state index < -0.39 is 5.97 Å². The molecule has 80 valence electrons. The second-order valence-corrected chi connectivity index (χ2v) is 3.50. The Hall–Kier alpha value is -1.55. The quantitative estimate of drug-likeness (QED) is 0.801. The summed E-state index contributed by atoms with van der Waals surface area (Å²) in [4.78, 5) is 16.2. The number of carboxylic acids is 1. The van der Waals surface area contributed by atoms with Crippen LogP contribution in [0.3, 0.4) is 0 Å². The van der Waals surface area contributed by atoms with Crippen molar-refractivity contribution in [3.63, 3.8) is 0 Å². The molecule has 0 aromatic heterocycles. The summed E-state index contributed by atoms with van der Waals surface area (Å²) in [5.74, 6) is -0.871. The zero-order chi connectivity index (χ0) is 10.8. The van der Waals surface area contributed by atoms with Gasteiger partial charge in [0.2, 0.25) is 0 Å². The van der Waals surface area contributed by atoms with Gasteiger partial charge in [0.05, 0.1) is 18.4 Å². The van der Waals surface area contributed by atoms with Crippen molar-refractivity contribution in [2.45, 2.75) is 12.8 Å². The second-order valence-electron chi connectivity index (χ2n) is 3.50. The minimum atomic E-state index is -0.871. The van der Waals surface area contributed by atoms with Crippen molar-refractivity contribution >= 4 is 11.7 Å². The molecule has 0 bridgehead atoms. The lowest BCUT2D eigenvalue weighted by Gasteiger charge is -2.29. The number of fused-ring (bicyclic) bond motifs is 1. The van der Waals surface area contributed by atoms with Crippen LogP contribution in [-0.2, 0) is 11.3 Å². The second kappa shape index (κ2) is 3.90. The number of aromatic carboxylic acids is 1. The highest BCUT2D eigenvalue weighted by Gasteiger charge is 2.21. The third-order valence-electron chi connectivity index (χ3n) is 2.66. The molecule has 4 nitrogen and oxygen atoms in total. The van der Waals surface area contributed by atoms with Crippen molar-refractivity contribution in [2.24, 2.45) is 0 Å². The van der Waals surface area contributed by atoms with Crippen molar-refractivity contribution in [2.75, 3.05) is 18.7 Å². The number of carbonyl (C=O) groups is 1. The van der Waals surface area contributed by atoms with E-state index >= 15 is 0 Å². The van der Waals surface area contributed by atoms with Crippen LogP contribution in [0.25, 0.3) is 0 Å². The zero-order valence-corrected chi connectivity index (χ0v) is 8.56. The van der Waals surface area contributed by atoms with Crippen LogP contribution in [0.2, 0.25) is 0 Å². The molecule has 15 heavy (non-hydrogen) atoms. The van der Waals surface area contributed by atoms with Crippen molar-refractivity contribution < 1.29 is 14.7 Å². The van der Waals surface area contributed by atoms with E-state index in [4.69, 9.17) is 9.94 Å². The van der Waals surface area contributed by atoms with Crippen LogP contribution in [0.5, 0.6) is 0 Å². The van der Waals surface area contributed by atoms with Gasteiger partial charge in [0.1, 0.15) is 0 Å². The molecule has 1 aromatic carbocycles. The molecule has 0 amide bonds. The summed E-state index contributed by atoms with van der Waals surface area (Å²) < 4.78 is 0. The average molecular weight is 207 g/mol. The van der Waals surface area contributed by atoms with E-state index in [1.807, 2.05) is 6.07 Å². The predicted molar refractivity (Wildman–Crippen MR) is 56.1 cm³/mol. The van der Waals surface area contributed by atoms with E-state index in [-0.39, 0.29) is 0 Å². The molecule has 0 fully saturated rings. The normalized spacial score (nSPS) is 14.9. The number of nitrogens with zero attached hydrogens (tertiary/aromatic N) is 1. The van der Waals surface area contributed by atoms with E-state index in [1.54, 1.807) is 24.3 Å². The molecule has 1 aromatic rings. The fourth-order valence-corrected chi connectivity index (χ4v) is 1.98. The lowest BCUT2D eigenvalue weighted by molar-refractivity contribution is 0.0695. The van der Waals surface area contributed by atoms with Crippen LogP contribution in [0.1, 0.15) is 22.3 Å². The Morgan fingerprint density at radius 3 is 3.00 bits per heavy atom.